The Morgan fingerprint density at radius 3 is 1.20 bits per heavy atom. The summed E-state index contributed by atoms with van der Waals surface area (Å²) in [4.78, 5) is 0. The molecule has 49 heavy (non-hydrogen) atoms. The zero-order valence-corrected chi connectivity index (χ0v) is 26.3. The summed E-state index contributed by atoms with van der Waals surface area (Å²) in [5.74, 6) is -0.320. The van der Waals surface area contributed by atoms with Gasteiger partial charge in [0, 0.05) is 44.5 Å². The molecule has 7 aromatic carbocycles. The van der Waals surface area contributed by atoms with Crippen LogP contribution in [0.4, 0.5) is 0 Å². The minimum atomic E-state index is -0.160. The van der Waals surface area contributed by atoms with Crippen molar-refractivity contribution in [2.75, 3.05) is 0 Å². The van der Waals surface area contributed by atoms with E-state index in [1.807, 2.05) is 12.1 Å². The van der Waals surface area contributed by atoms with Gasteiger partial charge in [-0.25, -0.2) is 0 Å². The first-order valence-electron chi connectivity index (χ1n) is 16.7. The van der Waals surface area contributed by atoms with Gasteiger partial charge in [0.05, 0.1) is 39.8 Å². The number of nitriles is 2. The number of benzene rings is 7. The molecular weight excluding hydrogens is 595 g/mol. The van der Waals surface area contributed by atoms with E-state index in [0.717, 1.165) is 71.5 Å². The lowest BCUT2D eigenvalue weighted by Gasteiger charge is -2.35. The van der Waals surface area contributed by atoms with Gasteiger partial charge in [-0.05, 0) is 56.6 Å². The van der Waals surface area contributed by atoms with Crippen LogP contribution in [0.5, 0.6) is 0 Å². The number of para-hydroxylation sites is 1. The van der Waals surface area contributed by atoms with Crippen LogP contribution in [0.15, 0.2) is 140 Å². The van der Waals surface area contributed by atoms with E-state index < -0.39 is 0 Å². The standard InChI is InChI=1S/C46H25N3/c47-24-28-22-36(26-12-3-1-4-13-26)42-34-20-11-21-35-43-37(27-14-5-2-6-15-27)23-29(25-48)39-41-32-18-9-7-16-30(32)40(31-17-8-10-19-33(31)41)38(28)45(42)49(44(34)35)46(39)43/h1-23,40-41H. The molecule has 12 rings (SSSR count). The maximum absolute atomic E-state index is 11.1. The van der Waals surface area contributed by atoms with Crippen LogP contribution in [-0.2, 0) is 0 Å². The fraction of sp³-hybridized carbons (Fsp3) is 0.0435. The number of aromatic nitrogens is 1. The summed E-state index contributed by atoms with van der Waals surface area (Å²) in [6.45, 7) is 0. The normalized spacial score (nSPS) is 15.7. The van der Waals surface area contributed by atoms with Gasteiger partial charge in [-0.3, -0.25) is 0 Å². The maximum atomic E-state index is 11.1. The molecule has 2 bridgehead atoms. The molecule has 0 N–H and O–H groups in total. The average Bonchev–Trinajstić information content (AvgIpc) is 3.71. The Hall–Kier alpha value is -6.68. The number of hydrogen-bond donors (Lipinski definition) is 0. The van der Waals surface area contributed by atoms with Gasteiger partial charge in [-0.2, -0.15) is 10.5 Å². The van der Waals surface area contributed by atoms with E-state index in [1.165, 1.54) is 22.3 Å². The molecule has 3 aliphatic rings. The van der Waals surface area contributed by atoms with Crippen LogP contribution in [0, 0.1) is 22.7 Å². The first kappa shape index (κ1) is 26.4. The van der Waals surface area contributed by atoms with E-state index in [9.17, 15) is 10.5 Å². The second-order valence-corrected chi connectivity index (χ2v) is 13.3. The summed E-state index contributed by atoms with van der Waals surface area (Å²) in [5.41, 5.74) is 15.7. The number of nitrogens with zero attached hydrogens (tertiary/aromatic N) is 3. The van der Waals surface area contributed by atoms with Crippen LogP contribution in [0.3, 0.4) is 0 Å². The van der Waals surface area contributed by atoms with Gasteiger partial charge in [0.2, 0.25) is 0 Å². The monoisotopic (exact) mass is 619 g/mol. The third-order valence-corrected chi connectivity index (χ3v) is 11.1. The van der Waals surface area contributed by atoms with Gasteiger partial charge in [-0.15, -0.1) is 0 Å². The second kappa shape index (κ2) is 9.45. The van der Waals surface area contributed by atoms with E-state index in [4.69, 9.17) is 0 Å². The first-order valence-corrected chi connectivity index (χ1v) is 16.7. The van der Waals surface area contributed by atoms with Crippen molar-refractivity contribution in [1.82, 2.24) is 4.40 Å². The molecule has 0 saturated carbocycles. The van der Waals surface area contributed by atoms with E-state index in [0.29, 0.717) is 11.1 Å². The van der Waals surface area contributed by atoms with Crippen LogP contribution in [-0.4, -0.2) is 4.40 Å². The van der Waals surface area contributed by atoms with Gasteiger partial charge in [-0.1, -0.05) is 127 Å². The molecule has 2 aliphatic heterocycles. The SMILES string of the molecule is N#Cc1cc(-c2ccccc2)c2c3cccc4c5c(-c6ccccc6)cc(C#N)c6c5n(c2c1C1c2ccccc2C6c2ccccc21)c34. The van der Waals surface area contributed by atoms with E-state index in [-0.39, 0.29) is 11.8 Å². The molecule has 0 atom stereocenters. The summed E-state index contributed by atoms with van der Waals surface area (Å²) in [7, 11) is 0. The Kier molecular flexibility index (Phi) is 5.09. The van der Waals surface area contributed by atoms with Crippen molar-refractivity contribution in [1.29, 1.82) is 10.5 Å². The number of rotatable bonds is 2. The minimum absolute atomic E-state index is 0.160. The Morgan fingerprint density at radius 1 is 0.429 bits per heavy atom. The summed E-state index contributed by atoms with van der Waals surface area (Å²) >= 11 is 0. The molecule has 2 aromatic heterocycles. The highest BCUT2D eigenvalue weighted by Gasteiger charge is 2.41. The molecule has 1 aliphatic carbocycles. The Labute approximate surface area is 282 Å². The molecule has 9 aromatic rings. The largest absolute Gasteiger partial charge is 0.307 e. The lowest BCUT2D eigenvalue weighted by molar-refractivity contribution is 0.829. The first-order chi connectivity index (χ1) is 24.3. The van der Waals surface area contributed by atoms with Crippen LogP contribution in [0.25, 0.3) is 60.3 Å². The van der Waals surface area contributed by atoms with Crippen molar-refractivity contribution >= 4 is 38.1 Å². The average molecular weight is 620 g/mol. The summed E-state index contributed by atoms with van der Waals surface area (Å²) < 4.78 is 2.46. The van der Waals surface area contributed by atoms with Crippen molar-refractivity contribution in [2.45, 2.75) is 11.8 Å². The highest BCUT2D eigenvalue weighted by molar-refractivity contribution is 6.29. The highest BCUT2D eigenvalue weighted by atomic mass is 14.9. The fourth-order valence-electron chi connectivity index (χ4n) is 9.39. The number of hydrogen-bond acceptors (Lipinski definition) is 2. The van der Waals surface area contributed by atoms with Crippen LogP contribution in [0.1, 0.15) is 56.3 Å². The topological polar surface area (TPSA) is 52.0 Å². The smallest absolute Gasteiger partial charge is 0.0995 e. The molecular formula is C46H25N3. The van der Waals surface area contributed by atoms with E-state index >= 15 is 0 Å². The van der Waals surface area contributed by atoms with Crippen LogP contribution in [0.2, 0.25) is 0 Å². The van der Waals surface area contributed by atoms with Crippen molar-refractivity contribution in [3.63, 3.8) is 0 Å². The second-order valence-electron chi connectivity index (χ2n) is 13.3. The third kappa shape index (κ3) is 3.20. The van der Waals surface area contributed by atoms with Gasteiger partial charge >= 0.3 is 0 Å². The minimum Gasteiger partial charge on any atom is -0.307 e. The molecule has 3 nitrogen and oxygen atoms in total. The van der Waals surface area contributed by atoms with Gasteiger partial charge in [0.15, 0.2) is 0 Å². The van der Waals surface area contributed by atoms with E-state index in [1.54, 1.807) is 0 Å². The van der Waals surface area contributed by atoms with Crippen molar-refractivity contribution < 1.29 is 0 Å². The number of fused-ring (bicyclic) bond motifs is 2. The fourth-order valence-corrected chi connectivity index (χ4v) is 9.39. The van der Waals surface area contributed by atoms with Gasteiger partial charge in [0.25, 0.3) is 0 Å². The molecule has 224 valence electrons. The maximum Gasteiger partial charge on any atom is 0.0995 e. The molecule has 4 heterocycles. The van der Waals surface area contributed by atoms with Crippen LogP contribution < -0.4 is 0 Å². The lowest BCUT2D eigenvalue weighted by atomic mass is 9.67. The lowest BCUT2D eigenvalue weighted by Crippen LogP contribution is -2.21. The molecule has 0 amide bonds. The molecule has 3 heteroatoms. The van der Waals surface area contributed by atoms with Crippen LogP contribution >= 0.6 is 0 Å². The Balaban J connectivity index is 1.52. The highest BCUT2D eigenvalue weighted by Crippen LogP contribution is 2.57. The molecule has 0 unspecified atom stereocenters. The Bertz CT molecular complexity index is 2710. The quantitative estimate of drug-likeness (QED) is 0.193. The summed E-state index contributed by atoms with van der Waals surface area (Å²) in [5, 5.41) is 26.8. The predicted molar refractivity (Wildman–Crippen MR) is 196 cm³/mol. The van der Waals surface area contributed by atoms with Crippen molar-refractivity contribution in [2.24, 2.45) is 0 Å². The van der Waals surface area contributed by atoms with E-state index in [2.05, 4.69) is 144 Å². The third-order valence-electron chi connectivity index (χ3n) is 11.1. The molecule has 0 spiro atoms. The molecule has 0 radical (unpaired) electrons. The summed E-state index contributed by atoms with van der Waals surface area (Å²) in [6.07, 6.45) is 0. The zero-order chi connectivity index (χ0) is 32.4. The van der Waals surface area contributed by atoms with Crippen molar-refractivity contribution in [3.8, 4) is 34.4 Å². The van der Waals surface area contributed by atoms with Gasteiger partial charge in [0.1, 0.15) is 0 Å². The predicted octanol–water partition coefficient (Wildman–Crippen LogP) is 10.9. The Morgan fingerprint density at radius 2 is 0.816 bits per heavy atom. The molecule has 0 fully saturated rings. The zero-order valence-electron chi connectivity index (χ0n) is 26.3. The summed E-state index contributed by atoms with van der Waals surface area (Å²) in [6, 6.07) is 54.6. The van der Waals surface area contributed by atoms with Crippen molar-refractivity contribution in [3.05, 3.63) is 184 Å². The molecule has 0 saturated heterocycles. The van der Waals surface area contributed by atoms with Gasteiger partial charge < -0.3 is 4.40 Å².